The Bertz CT molecular complexity index is 331. The van der Waals surface area contributed by atoms with Crippen molar-refractivity contribution in [3.8, 4) is 5.75 Å². The van der Waals surface area contributed by atoms with Gasteiger partial charge in [0.2, 0.25) is 0 Å². The van der Waals surface area contributed by atoms with Crippen molar-refractivity contribution < 1.29 is 18.6 Å². The molecule has 0 aliphatic carbocycles. The van der Waals surface area contributed by atoms with Crippen LogP contribution in [0.3, 0.4) is 0 Å². The van der Waals surface area contributed by atoms with E-state index >= 15 is 0 Å². The van der Waals surface area contributed by atoms with E-state index in [1.165, 1.54) is 0 Å². The number of methoxy groups -OCH3 is 1. The van der Waals surface area contributed by atoms with Crippen LogP contribution in [0.5, 0.6) is 5.75 Å². The molecule has 1 rings (SSSR count). The minimum atomic E-state index is -1.15. The molecule has 1 aromatic rings. The molecule has 0 amide bonds. The molecule has 14 heavy (non-hydrogen) atoms. The number of ether oxygens (including phenoxy) is 1. The topological polar surface area (TPSA) is 55.5 Å². The van der Waals surface area contributed by atoms with E-state index in [1.54, 1.807) is 0 Å². The van der Waals surface area contributed by atoms with Gasteiger partial charge in [-0.1, -0.05) is 6.07 Å². The fourth-order valence-corrected chi connectivity index (χ4v) is 1.12. The van der Waals surface area contributed by atoms with Crippen molar-refractivity contribution in [2.24, 2.45) is 5.73 Å². The minimum absolute atomic E-state index is 0.0641. The monoisotopic (exact) mass is 203 g/mol. The fraction of sp³-hybridized carbons (Fsp3) is 0.333. The summed E-state index contributed by atoms with van der Waals surface area (Å²) in [6, 6.07) is 2.17. The van der Waals surface area contributed by atoms with Crippen molar-refractivity contribution in [3.05, 3.63) is 29.3 Å². The van der Waals surface area contributed by atoms with Gasteiger partial charge in [0.15, 0.2) is 17.4 Å². The molecule has 0 saturated heterocycles. The van der Waals surface area contributed by atoms with E-state index < -0.39 is 23.5 Å². The number of hydrogen-bond donors (Lipinski definition) is 2. The lowest BCUT2D eigenvalue weighted by Gasteiger charge is -2.12. The first kappa shape index (κ1) is 10.9. The number of nitrogens with two attached hydrogens (primary N) is 1. The quantitative estimate of drug-likeness (QED) is 0.769. The van der Waals surface area contributed by atoms with Crippen LogP contribution in [0.15, 0.2) is 12.1 Å². The lowest BCUT2D eigenvalue weighted by atomic mass is 10.1. The van der Waals surface area contributed by atoms with Crippen molar-refractivity contribution in [1.29, 1.82) is 0 Å². The molecule has 78 valence electrons. The molecule has 1 atom stereocenters. The van der Waals surface area contributed by atoms with Gasteiger partial charge in [-0.2, -0.15) is 0 Å². The number of aliphatic hydroxyl groups is 1. The second kappa shape index (κ2) is 4.34. The first-order chi connectivity index (χ1) is 6.61. The third-order valence-electron chi connectivity index (χ3n) is 1.87. The molecule has 0 fully saturated rings. The SMILES string of the molecule is COc1c(F)ccc(C(O)CN)c1F. The molecule has 0 spiro atoms. The summed E-state index contributed by atoms with van der Waals surface area (Å²) >= 11 is 0. The first-order valence-electron chi connectivity index (χ1n) is 4.01. The molecular formula is C9H11F2NO2. The van der Waals surface area contributed by atoms with Gasteiger partial charge >= 0.3 is 0 Å². The van der Waals surface area contributed by atoms with Gasteiger partial charge in [-0.15, -0.1) is 0 Å². The maximum atomic E-state index is 13.4. The molecule has 5 heteroatoms. The maximum absolute atomic E-state index is 13.4. The fourth-order valence-electron chi connectivity index (χ4n) is 1.12. The van der Waals surface area contributed by atoms with Crippen molar-refractivity contribution >= 4 is 0 Å². The highest BCUT2D eigenvalue weighted by molar-refractivity contribution is 5.34. The third kappa shape index (κ3) is 1.83. The van der Waals surface area contributed by atoms with Crippen LogP contribution >= 0.6 is 0 Å². The van der Waals surface area contributed by atoms with E-state index in [1.807, 2.05) is 0 Å². The van der Waals surface area contributed by atoms with Gasteiger partial charge < -0.3 is 15.6 Å². The van der Waals surface area contributed by atoms with Crippen LogP contribution in [-0.4, -0.2) is 18.8 Å². The largest absolute Gasteiger partial charge is 0.491 e. The van der Waals surface area contributed by atoms with Gasteiger partial charge in [0.1, 0.15) is 0 Å². The van der Waals surface area contributed by atoms with Crippen LogP contribution < -0.4 is 10.5 Å². The number of rotatable bonds is 3. The normalized spacial score (nSPS) is 12.6. The van der Waals surface area contributed by atoms with Crippen LogP contribution in [0.2, 0.25) is 0 Å². The second-order valence-corrected chi connectivity index (χ2v) is 2.74. The van der Waals surface area contributed by atoms with E-state index in [4.69, 9.17) is 5.73 Å². The lowest BCUT2D eigenvalue weighted by Crippen LogP contribution is -2.13. The van der Waals surface area contributed by atoms with E-state index in [-0.39, 0.29) is 12.1 Å². The number of hydrogen-bond acceptors (Lipinski definition) is 3. The van der Waals surface area contributed by atoms with Crippen LogP contribution in [0.25, 0.3) is 0 Å². The maximum Gasteiger partial charge on any atom is 0.190 e. The van der Waals surface area contributed by atoms with Gasteiger partial charge in [-0.25, -0.2) is 8.78 Å². The van der Waals surface area contributed by atoms with Gasteiger partial charge in [-0.3, -0.25) is 0 Å². The summed E-state index contributed by atoms with van der Waals surface area (Å²) in [4.78, 5) is 0. The predicted molar refractivity (Wildman–Crippen MR) is 46.9 cm³/mol. The highest BCUT2D eigenvalue weighted by atomic mass is 19.1. The Kier molecular flexibility index (Phi) is 3.38. The molecule has 0 aliphatic rings. The Labute approximate surface area is 80.1 Å². The first-order valence-corrected chi connectivity index (χ1v) is 4.01. The van der Waals surface area contributed by atoms with Crippen LogP contribution in [0, 0.1) is 11.6 Å². The van der Waals surface area contributed by atoms with Crippen molar-refractivity contribution in [3.63, 3.8) is 0 Å². The molecule has 1 unspecified atom stereocenters. The summed E-state index contributed by atoms with van der Waals surface area (Å²) in [6.45, 7) is -0.133. The Morgan fingerprint density at radius 3 is 2.64 bits per heavy atom. The van der Waals surface area contributed by atoms with Gasteiger partial charge in [0.25, 0.3) is 0 Å². The Hall–Kier alpha value is -1.20. The lowest BCUT2D eigenvalue weighted by molar-refractivity contribution is 0.180. The van der Waals surface area contributed by atoms with Crippen molar-refractivity contribution in [2.75, 3.05) is 13.7 Å². The van der Waals surface area contributed by atoms with E-state index in [0.29, 0.717) is 0 Å². The smallest absolute Gasteiger partial charge is 0.190 e. The summed E-state index contributed by atoms with van der Waals surface area (Å²) < 4.78 is 30.8. The predicted octanol–water partition coefficient (Wildman–Crippen LogP) is 0.966. The zero-order chi connectivity index (χ0) is 10.7. The summed E-state index contributed by atoms with van der Waals surface area (Å²) in [5, 5.41) is 9.28. The molecule has 0 aliphatic heterocycles. The molecule has 0 radical (unpaired) electrons. The zero-order valence-corrected chi connectivity index (χ0v) is 7.63. The standard InChI is InChI=1S/C9H11F2NO2/c1-14-9-6(10)3-2-5(8(9)11)7(13)4-12/h2-3,7,13H,4,12H2,1H3. The van der Waals surface area contributed by atoms with Gasteiger partial charge in [-0.05, 0) is 6.07 Å². The van der Waals surface area contributed by atoms with Crippen molar-refractivity contribution in [1.82, 2.24) is 0 Å². The molecule has 1 aromatic carbocycles. The number of halogens is 2. The summed E-state index contributed by atoms with van der Waals surface area (Å²) in [7, 11) is 1.15. The highest BCUT2D eigenvalue weighted by Gasteiger charge is 2.18. The Balaban J connectivity index is 3.21. The zero-order valence-electron chi connectivity index (χ0n) is 7.63. The van der Waals surface area contributed by atoms with Crippen LogP contribution in [0.1, 0.15) is 11.7 Å². The summed E-state index contributed by atoms with van der Waals surface area (Å²) in [5.41, 5.74) is 5.09. The molecule has 3 N–H and O–H groups in total. The highest BCUT2D eigenvalue weighted by Crippen LogP contribution is 2.27. The number of aliphatic hydroxyl groups excluding tert-OH is 1. The van der Waals surface area contributed by atoms with Crippen molar-refractivity contribution in [2.45, 2.75) is 6.10 Å². The molecule has 0 aromatic heterocycles. The van der Waals surface area contributed by atoms with E-state index in [2.05, 4.69) is 4.74 Å². The van der Waals surface area contributed by atoms with Crippen LogP contribution in [0.4, 0.5) is 8.78 Å². The average molecular weight is 203 g/mol. The second-order valence-electron chi connectivity index (χ2n) is 2.74. The molecular weight excluding hydrogens is 192 g/mol. The molecule has 3 nitrogen and oxygen atoms in total. The summed E-state index contributed by atoms with van der Waals surface area (Å²) in [5.74, 6) is -2.22. The number of benzene rings is 1. The third-order valence-corrected chi connectivity index (χ3v) is 1.87. The molecule has 0 bridgehead atoms. The van der Waals surface area contributed by atoms with E-state index in [9.17, 15) is 13.9 Å². The average Bonchev–Trinajstić information content (AvgIpc) is 2.18. The Morgan fingerprint density at radius 2 is 2.14 bits per heavy atom. The summed E-state index contributed by atoms with van der Waals surface area (Å²) in [6.07, 6.45) is -1.15. The van der Waals surface area contributed by atoms with Gasteiger partial charge in [0, 0.05) is 12.1 Å². The van der Waals surface area contributed by atoms with Crippen LogP contribution in [-0.2, 0) is 0 Å². The van der Waals surface area contributed by atoms with Gasteiger partial charge in [0.05, 0.1) is 13.2 Å². The van der Waals surface area contributed by atoms with E-state index in [0.717, 1.165) is 19.2 Å². The molecule has 0 saturated carbocycles. The molecule has 0 heterocycles. The minimum Gasteiger partial charge on any atom is -0.491 e. The Morgan fingerprint density at radius 1 is 1.50 bits per heavy atom.